The number of alkyl halides is 3. The van der Waals surface area contributed by atoms with Crippen molar-refractivity contribution < 1.29 is 40.1 Å². The maximum Gasteiger partial charge on any atom is 0.422 e. The lowest BCUT2D eigenvalue weighted by Gasteiger charge is -2.15. The zero-order valence-electron chi connectivity index (χ0n) is 26.3. The molecule has 1 atom stereocenters. The molecule has 0 fully saturated rings. The van der Waals surface area contributed by atoms with Gasteiger partial charge in [-0.3, -0.25) is 9.19 Å². The highest BCUT2D eigenvalue weighted by Crippen LogP contribution is 2.30. The van der Waals surface area contributed by atoms with Crippen LogP contribution in [0.1, 0.15) is 44.7 Å². The van der Waals surface area contributed by atoms with E-state index in [4.69, 9.17) is 9.47 Å². The van der Waals surface area contributed by atoms with Crippen LogP contribution in [0.3, 0.4) is 0 Å². The Kier molecular flexibility index (Phi) is 10.3. The molecule has 0 saturated heterocycles. The summed E-state index contributed by atoms with van der Waals surface area (Å²) >= 11 is 0. The summed E-state index contributed by atoms with van der Waals surface area (Å²) in [6.07, 6.45) is -2.06. The largest absolute Gasteiger partial charge is 0.484 e. The quantitative estimate of drug-likeness (QED) is 0.105. The van der Waals surface area contributed by atoms with Gasteiger partial charge in [0.05, 0.1) is 50.3 Å². The van der Waals surface area contributed by atoms with E-state index in [2.05, 4.69) is 9.97 Å². The Labute approximate surface area is 278 Å². The number of aryl methyl sites for hydroxylation is 3. The van der Waals surface area contributed by atoms with Crippen molar-refractivity contribution in [3.8, 4) is 5.75 Å². The van der Waals surface area contributed by atoms with Gasteiger partial charge in [-0.05, 0) is 75.1 Å². The number of ether oxygens (including phenoxy) is 2. The van der Waals surface area contributed by atoms with Gasteiger partial charge in [0.1, 0.15) is 5.75 Å². The van der Waals surface area contributed by atoms with Gasteiger partial charge < -0.3 is 9.47 Å². The number of carbonyl (C=O) groups is 1. The van der Waals surface area contributed by atoms with Crippen molar-refractivity contribution in [3.05, 3.63) is 113 Å². The Morgan fingerprint density at radius 3 is 2.44 bits per heavy atom. The van der Waals surface area contributed by atoms with E-state index in [9.17, 15) is 30.6 Å². The molecule has 1 unspecified atom stereocenters. The van der Waals surface area contributed by atoms with Gasteiger partial charge in [-0.15, -0.1) is 0 Å². The average molecular weight is 700 g/mol. The molecule has 14 heteroatoms. The van der Waals surface area contributed by atoms with Crippen LogP contribution in [0.2, 0.25) is 0 Å². The second-order valence-corrected chi connectivity index (χ2v) is 14.2. The van der Waals surface area contributed by atoms with Crippen LogP contribution >= 0.6 is 0 Å². The number of nitrogens with zero attached hydrogens (tertiary/aromatic N) is 3. The molecule has 0 aliphatic rings. The number of pyridine rings is 1. The number of halogens is 3. The van der Waals surface area contributed by atoms with Crippen molar-refractivity contribution in [1.82, 2.24) is 13.9 Å². The molecule has 0 amide bonds. The molecular formula is C34H32F3N3O6S2. The number of hydrogen-bond donors (Lipinski definition) is 0. The minimum Gasteiger partial charge on any atom is -0.484 e. The van der Waals surface area contributed by atoms with Crippen LogP contribution in [0.25, 0.3) is 11.0 Å². The van der Waals surface area contributed by atoms with Crippen LogP contribution in [-0.2, 0) is 37.7 Å². The van der Waals surface area contributed by atoms with E-state index in [0.29, 0.717) is 18.4 Å². The van der Waals surface area contributed by atoms with E-state index < -0.39 is 39.6 Å². The van der Waals surface area contributed by atoms with Crippen molar-refractivity contribution in [3.63, 3.8) is 0 Å². The summed E-state index contributed by atoms with van der Waals surface area (Å²) in [6.45, 7) is 3.65. The predicted molar refractivity (Wildman–Crippen MR) is 174 cm³/mol. The van der Waals surface area contributed by atoms with Gasteiger partial charge in [0, 0.05) is 11.8 Å². The number of carbonyl (C=O) groups excluding carboxylic acids is 1. The maximum atomic E-state index is 14.3. The fourth-order valence-electron chi connectivity index (χ4n) is 4.95. The number of esters is 1. The lowest BCUT2D eigenvalue weighted by atomic mass is 10.1. The fraction of sp³-hybridized carbons (Fsp3) is 0.265. The second-order valence-electron chi connectivity index (χ2n) is 11.1. The monoisotopic (exact) mass is 699 g/mol. The summed E-state index contributed by atoms with van der Waals surface area (Å²) in [6, 6.07) is 19.8. The molecule has 5 rings (SSSR count). The summed E-state index contributed by atoms with van der Waals surface area (Å²) in [7, 11) is -6.64. The van der Waals surface area contributed by atoms with Gasteiger partial charge in [-0.1, -0.05) is 48.0 Å². The van der Waals surface area contributed by atoms with Crippen molar-refractivity contribution in [2.45, 2.75) is 55.6 Å². The number of rotatable bonds is 12. The van der Waals surface area contributed by atoms with Crippen LogP contribution in [0.4, 0.5) is 13.2 Å². The summed E-state index contributed by atoms with van der Waals surface area (Å²) in [5.41, 5.74) is 3.37. The van der Waals surface area contributed by atoms with Gasteiger partial charge >= 0.3 is 12.1 Å². The Morgan fingerprint density at radius 2 is 1.71 bits per heavy atom. The number of aromatic nitrogens is 3. The standard InChI is InChI=1S/C34H32F3N3O6S2/c1-22-10-13-25(14-11-22)7-6-18-45-32(41)26-15-12-23(2)31(19-26)48(43,44)40-29-9-5-4-8-27(29)39-33(40)47(42)20-28-24(3)30(16-17-38-28)46-21-34(35,36)37/h4-5,8-17,19H,6-7,18,20-21H2,1-3H3. The lowest BCUT2D eigenvalue weighted by Crippen LogP contribution is -2.20. The van der Waals surface area contributed by atoms with E-state index in [1.54, 1.807) is 25.1 Å². The maximum absolute atomic E-state index is 14.3. The molecule has 0 aliphatic heterocycles. The third-order valence-corrected chi connectivity index (χ3v) is 10.7. The first-order valence-electron chi connectivity index (χ1n) is 14.8. The summed E-state index contributed by atoms with van der Waals surface area (Å²) in [5, 5.41) is -0.317. The van der Waals surface area contributed by atoms with Gasteiger partial charge in [0.15, 0.2) is 6.61 Å². The van der Waals surface area contributed by atoms with E-state index in [1.807, 2.05) is 31.2 Å². The Morgan fingerprint density at radius 1 is 0.979 bits per heavy atom. The minimum atomic E-state index is -4.56. The normalized spacial score (nSPS) is 12.6. The van der Waals surface area contributed by atoms with E-state index in [0.717, 1.165) is 15.1 Å². The molecule has 0 bridgehead atoms. The number of benzene rings is 3. The first-order chi connectivity index (χ1) is 22.7. The molecule has 3 aromatic carbocycles. The van der Waals surface area contributed by atoms with Gasteiger partial charge in [-0.2, -0.15) is 13.2 Å². The van der Waals surface area contributed by atoms with E-state index >= 15 is 0 Å². The molecule has 0 N–H and O–H groups in total. The fourth-order valence-corrected chi connectivity index (χ4v) is 8.25. The first kappa shape index (κ1) is 34.8. The molecular weight excluding hydrogens is 668 g/mol. The summed E-state index contributed by atoms with van der Waals surface area (Å²) < 4.78 is 91.9. The zero-order chi connectivity index (χ0) is 34.6. The van der Waals surface area contributed by atoms with Gasteiger partial charge in [-0.25, -0.2) is 22.2 Å². The highest BCUT2D eigenvalue weighted by Gasteiger charge is 2.31. The Bertz CT molecular complexity index is 2100. The van der Waals surface area contributed by atoms with Crippen molar-refractivity contribution in [2.24, 2.45) is 0 Å². The van der Waals surface area contributed by atoms with Gasteiger partial charge in [0.2, 0.25) is 5.16 Å². The lowest BCUT2D eigenvalue weighted by molar-refractivity contribution is -0.153. The van der Waals surface area contributed by atoms with E-state index in [-0.39, 0.29) is 56.0 Å². The van der Waals surface area contributed by atoms with Crippen LogP contribution in [0, 0.1) is 20.8 Å². The molecule has 5 aromatic rings. The molecule has 0 aliphatic carbocycles. The molecule has 9 nitrogen and oxygen atoms in total. The van der Waals surface area contributed by atoms with Gasteiger partial charge in [0.25, 0.3) is 10.0 Å². The molecule has 0 spiro atoms. The Balaban J connectivity index is 1.42. The molecule has 2 heterocycles. The van der Waals surface area contributed by atoms with Crippen LogP contribution in [-0.4, -0.2) is 51.9 Å². The molecule has 0 saturated carbocycles. The number of imidazole rings is 1. The smallest absolute Gasteiger partial charge is 0.422 e. The number of para-hydroxylation sites is 2. The van der Waals surface area contributed by atoms with Crippen molar-refractivity contribution in [1.29, 1.82) is 0 Å². The topological polar surface area (TPSA) is 117 Å². The third kappa shape index (κ3) is 7.93. The summed E-state index contributed by atoms with van der Waals surface area (Å²) in [4.78, 5) is 21.3. The number of fused-ring (bicyclic) bond motifs is 1. The first-order valence-corrected chi connectivity index (χ1v) is 17.6. The second kappa shape index (κ2) is 14.3. The third-order valence-electron chi connectivity index (χ3n) is 7.52. The Hall–Kier alpha value is -4.56. The summed E-state index contributed by atoms with van der Waals surface area (Å²) in [5.74, 6) is -1.14. The molecule has 48 heavy (non-hydrogen) atoms. The molecule has 2 aromatic heterocycles. The van der Waals surface area contributed by atoms with Crippen LogP contribution < -0.4 is 4.74 Å². The SMILES string of the molecule is Cc1ccc(CCCOC(=O)c2ccc(C)c(S(=O)(=O)n3c(S(=O)Cc4nccc(OCC(F)(F)F)c4C)nc4ccccc43)c2)cc1. The van der Waals surface area contributed by atoms with Crippen LogP contribution in [0.5, 0.6) is 5.75 Å². The predicted octanol–water partition coefficient (Wildman–Crippen LogP) is 6.63. The highest BCUT2D eigenvalue weighted by atomic mass is 32.2. The molecule has 0 radical (unpaired) electrons. The van der Waals surface area contributed by atoms with Crippen molar-refractivity contribution in [2.75, 3.05) is 13.2 Å². The van der Waals surface area contributed by atoms with E-state index in [1.165, 1.54) is 43.5 Å². The molecule has 252 valence electrons. The highest BCUT2D eigenvalue weighted by molar-refractivity contribution is 7.91. The minimum absolute atomic E-state index is 0.0251. The zero-order valence-corrected chi connectivity index (χ0v) is 27.9. The van der Waals surface area contributed by atoms with Crippen LogP contribution in [0.15, 0.2) is 89.0 Å². The van der Waals surface area contributed by atoms with Crippen molar-refractivity contribution >= 4 is 37.8 Å². The average Bonchev–Trinajstić information content (AvgIpc) is 3.45. The number of hydrogen-bond acceptors (Lipinski definition) is 8.